The molecule has 3 aliphatic carbocycles. The van der Waals surface area contributed by atoms with Crippen LogP contribution in [0.15, 0.2) is 0 Å². The smallest absolute Gasteiger partial charge is 0.0295 e. The normalized spacial score (nSPS) is 45.7. The van der Waals surface area contributed by atoms with Gasteiger partial charge in [0.05, 0.1) is 0 Å². The van der Waals surface area contributed by atoms with Crippen LogP contribution in [-0.2, 0) is 0 Å². The van der Waals surface area contributed by atoms with E-state index in [-0.39, 0.29) is 0 Å². The van der Waals surface area contributed by atoms with E-state index in [1.807, 2.05) is 13.8 Å². The van der Waals surface area contributed by atoms with E-state index in [1.165, 1.54) is 12.8 Å². The minimum absolute atomic E-state index is 0.686. The third-order valence-electron chi connectivity index (χ3n) is 4.73. The molecule has 2 bridgehead atoms. The average molecular weight is 182 g/mol. The lowest BCUT2D eigenvalue weighted by molar-refractivity contribution is -0.124. The highest BCUT2D eigenvalue weighted by atomic mass is 14.6. The summed E-state index contributed by atoms with van der Waals surface area (Å²) in [6.07, 6.45) is 3.02. The van der Waals surface area contributed by atoms with Crippen molar-refractivity contribution in [1.82, 2.24) is 0 Å². The Hall–Kier alpha value is 0. The summed E-state index contributed by atoms with van der Waals surface area (Å²) in [5, 5.41) is 0. The molecule has 0 heteroatoms. The lowest BCUT2D eigenvalue weighted by atomic mass is 9.44. The second-order valence-corrected chi connectivity index (χ2v) is 5.43. The highest BCUT2D eigenvalue weighted by Crippen LogP contribution is 2.62. The van der Waals surface area contributed by atoms with Crippen molar-refractivity contribution >= 4 is 0 Å². The van der Waals surface area contributed by atoms with E-state index in [1.54, 1.807) is 0 Å². The van der Waals surface area contributed by atoms with Crippen LogP contribution in [0.25, 0.3) is 0 Å². The number of hydrogen-bond acceptors (Lipinski definition) is 0. The Kier molecular flexibility index (Phi) is 3.09. The Balaban J connectivity index is 0.000000396. The van der Waals surface area contributed by atoms with Crippen molar-refractivity contribution in [3.63, 3.8) is 0 Å². The van der Waals surface area contributed by atoms with E-state index in [0.717, 1.165) is 23.7 Å². The fourth-order valence-electron chi connectivity index (χ4n) is 3.41. The lowest BCUT2D eigenvalue weighted by Gasteiger charge is -2.61. The van der Waals surface area contributed by atoms with Crippen molar-refractivity contribution in [2.75, 3.05) is 0 Å². The van der Waals surface area contributed by atoms with Crippen LogP contribution in [0.3, 0.4) is 0 Å². The van der Waals surface area contributed by atoms with E-state index >= 15 is 0 Å². The minimum Gasteiger partial charge on any atom is -0.0683 e. The Labute approximate surface area is 84.1 Å². The average Bonchev–Trinajstić information content (AvgIpc) is 2.12. The van der Waals surface area contributed by atoms with Gasteiger partial charge in [0.25, 0.3) is 0 Å². The van der Waals surface area contributed by atoms with E-state index in [2.05, 4.69) is 27.7 Å². The second kappa shape index (κ2) is 3.63. The van der Waals surface area contributed by atoms with Crippen molar-refractivity contribution in [3.8, 4) is 0 Å². The molecule has 0 aromatic rings. The van der Waals surface area contributed by atoms with Gasteiger partial charge in [-0.3, -0.25) is 0 Å². The molecule has 0 aliphatic heterocycles. The van der Waals surface area contributed by atoms with Crippen molar-refractivity contribution in [2.45, 2.75) is 54.4 Å². The van der Waals surface area contributed by atoms with E-state index < -0.39 is 0 Å². The molecule has 3 rings (SSSR count). The first kappa shape index (κ1) is 11.1. The van der Waals surface area contributed by atoms with E-state index in [4.69, 9.17) is 0 Å². The van der Waals surface area contributed by atoms with Gasteiger partial charge < -0.3 is 0 Å². The maximum absolute atomic E-state index is 2.47. The summed E-state index contributed by atoms with van der Waals surface area (Å²) in [5.41, 5.74) is 0.686. The van der Waals surface area contributed by atoms with Gasteiger partial charge in [0.2, 0.25) is 0 Å². The summed E-state index contributed by atoms with van der Waals surface area (Å²) in [5.74, 6) is 4.07. The number of hydrogen-bond donors (Lipinski definition) is 0. The Bertz CT molecular complexity index is 169. The van der Waals surface area contributed by atoms with Gasteiger partial charge in [-0.2, -0.15) is 0 Å². The fourth-order valence-corrected chi connectivity index (χ4v) is 3.41. The van der Waals surface area contributed by atoms with E-state index in [0.29, 0.717) is 5.41 Å². The third-order valence-corrected chi connectivity index (χ3v) is 4.73. The van der Waals surface area contributed by atoms with Gasteiger partial charge in [0, 0.05) is 0 Å². The van der Waals surface area contributed by atoms with Crippen LogP contribution in [-0.4, -0.2) is 0 Å². The first-order valence-corrected chi connectivity index (χ1v) is 6.03. The first-order valence-electron chi connectivity index (χ1n) is 6.03. The van der Waals surface area contributed by atoms with Gasteiger partial charge >= 0.3 is 0 Å². The second-order valence-electron chi connectivity index (χ2n) is 5.43. The van der Waals surface area contributed by atoms with Crippen LogP contribution in [0.2, 0.25) is 0 Å². The van der Waals surface area contributed by atoms with Crippen LogP contribution in [0.4, 0.5) is 0 Å². The Morgan fingerprint density at radius 2 is 1.54 bits per heavy atom. The van der Waals surface area contributed by atoms with Gasteiger partial charge in [0.1, 0.15) is 0 Å². The number of rotatable bonds is 0. The van der Waals surface area contributed by atoms with Gasteiger partial charge in [-0.25, -0.2) is 0 Å². The molecular weight excluding hydrogens is 156 g/mol. The highest BCUT2D eigenvalue weighted by molar-refractivity contribution is 5.03. The largest absolute Gasteiger partial charge is 0.0683 e. The standard InChI is InChI=1S/C11H20.C2H6/c1-7-5-9-6-10(8(7)2)11(9,3)4;1-2/h7-10H,5-6H2,1-4H3;1-2H3. The summed E-state index contributed by atoms with van der Waals surface area (Å²) >= 11 is 0. The topological polar surface area (TPSA) is 0 Å². The van der Waals surface area contributed by atoms with Crippen molar-refractivity contribution in [2.24, 2.45) is 29.1 Å². The predicted octanol–water partition coefficient (Wildman–Crippen LogP) is 4.35. The van der Waals surface area contributed by atoms with E-state index in [9.17, 15) is 0 Å². The third kappa shape index (κ3) is 1.53. The summed E-state index contributed by atoms with van der Waals surface area (Å²) in [4.78, 5) is 0. The van der Waals surface area contributed by atoms with Crippen molar-refractivity contribution in [1.29, 1.82) is 0 Å². The molecule has 4 atom stereocenters. The van der Waals surface area contributed by atoms with Crippen LogP contribution in [0.1, 0.15) is 54.4 Å². The zero-order chi connectivity index (χ0) is 10.2. The highest BCUT2D eigenvalue weighted by Gasteiger charge is 2.54. The maximum Gasteiger partial charge on any atom is -0.0295 e. The molecular formula is C13H26. The molecule has 3 aliphatic rings. The summed E-state index contributed by atoms with van der Waals surface area (Å²) < 4.78 is 0. The molecule has 0 amide bonds. The molecule has 78 valence electrons. The maximum atomic E-state index is 2.47. The molecule has 3 fully saturated rings. The molecule has 0 nitrogen and oxygen atoms in total. The van der Waals surface area contributed by atoms with Crippen LogP contribution in [0.5, 0.6) is 0 Å². The first-order chi connectivity index (χ1) is 6.03. The monoisotopic (exact) mass is 182 g/mol. The summed E-state index contributed by atoms with van der Waals surface area (Å²) in [6, 6.07) is 0. The van der Waals surface area contributed by atoms with Gasteiger partial charge in [-0.05, 0) is 41.9 Å². The van der Waals surface area contributed by atoms with Crippen LogP contribution >= 0.6 is 0 Å². The molecule has 0 radical (unpaired) electrons. The van der Waals surface area contributed by atoms with Crippen molar-refractivity contribution in [3.05, 3.63) is 0 Å². The van der Waals surface area contributed by atoms with Gasteiger partial charge in [-0.1, -0.05) is 41.5 Å². The van der Waals surface area contributed by atoms with Crippen LogP contribution < -0.4 is 0 Å². The lowest BCUT2D eigenvalue weighted by Crippen LogP contribution is -2.54. The molecule has 0 heterocycles. The zero-order valence-corrected chi connectivity index (χ0v) is 10.2. The molecule has 4 unspecified atom stereocenters. The number of fused-ring (bicyclic) bond motifs is 2. The fraction of sp³-hybridized carbons (Fsp3) is 1.00. The van der Waals surface area contributed by atoms with Gasteiger partial charge in [-0.15, -0.1) is 0 Å². The zero-order valence-electron chi connectivity index (χ0n) is 10.2. The Morgan fingerprint density at radius 3 is 1.85 bits per heavy atom. The predicted molar refractivity (Wildman–Crippen MR) is 59.7 cm³/mol. The molecule has 0 N–H and O–H groups in total. The molecule has 0 aromatic heterocycles. The van der Waals surface area contributed by atoms with Gasteiger partial charge in [0.15, 0.2) is 0 Å². The van der Waals surface area contributed by atoms with Crippen LogP contribution in [0, 0.1) is 29.1 Å². The molecule has 0 spiro atoms. The molecule has 13 heavy (non-hydrogen) atoms. The molecule has 0 saturated heterocycles. The summed E-state index contributed by atoms with van der Waals surface area (Å²) in [7, 11) is 0. The molecule has 3 saturated carbocycles. The van der Waals surface area contributed by atoms with Crippen molar-refractivity contribution < 1.29 is 0 Å². The SMILES string of the molecule is CC.CC1CC2CC(C1C)C2(C)C. The Morgan fingerprint density at radius 1 is 1.00 bits per heavy atom. The molecule has 0 aromatic carbocycles. The minimum atomic E-state index is 0.686. The summed E-state index contributed by atoms with van der Waals surface area (Å²) in [6.45, 7) is 13.8. The quantitative estimate of drug-likeness (QED) is 0.522.